The van der Waals surface area contributed by atoms with E-state index >= 15 is 0 Å². The van der Waals surface area contributed by atoms with Gasteiger partial charge in [0.1, 0.15) is 11.9 Å². The molecule has 0 radical (unpaired) electrons. The normalized spacial score (nSPS) is 14.4. The van der Waals surface area contributed by atoms with Gasteiger partial charge in [-0.2, -0.15) is 5.26 Å². The zero-order chi connectivity index (χ0) is 16.2. The number of amides is 1. The molecule has 0 saturated heterocycles. The average Bonchev–Trinajstić information content (AvgIpc) is 2.93. The van der Waals surface area contributed by atoms with Crippen molar-refractivity contribution < 1.29 is 22.3 Å². The Morgan fingerprint density at radius 2 is 2.05 bits per heavy atom. The highest BCUT2D eigenvalue weighted by Gasteiger charge is 2.20. The number of rotatable bonds is 5. The smallest absolute Gasteiger partial charge is 0.227 e. The molecule has 0 saturated carbocycles. The molecule has 1 N–H and O–H groups in total. The van der Waals surface area contributed by atoms with Gasteiger partial charge in [-0.25, -0.2) is 12.8 Å². The SMILES string of the molecule is N#CC1=C(NC(=O)CCS(=O)(=O)c2ccc(F)cc2)OCC1. The minimum absolute atomic E-state index is 0.0456. The predicted molar refractivity (Wildman–Crippen MR) is 74.4 cm³/mol. The molecule has 0 aromatic heterocycles. The summed E-state index contributed by atoms with van der Waals surface area (Å²) in [4.78, 5) is 11.7. The number of halogens is 1. The molecule has 116 valence electrons. The number of hydrogen-bond acceptors (Lipinski definition) is 5. The van der Waals surface area contributed by atoms with Crippen LogP contribution >= 0.6 is 0 Å². The van der Waals surface area contributed by atoms with Crippen molar-refractivity contribution in [3.63, 3.8) is 0 Å². The van der Waals surface area contributed by atoms with Crippen LogP contribution in [0.15, 0.2) is 40.6 Å². The van der Waals surface area contributed by atoms with E-state index in [-0.39, 0.29) is 17.2 Å². The summed E-state index contributed by atoms with van der Waals surface area (Å²) in [6.07, 6.45) is 0.130. The number of ether oxygens (including phenoxy) is 1. The van der Waals surface area contributed by atoms with E-state index in [9.17, 15) is 17.6 Å². The zero-order valence-electron chi connectivity index (χ0n) is 11.5. The highest BCUT2D eigenvalue weighted by atomic mass is 32.2. The molecule has 1 aromatic carbocycles. The molecule has 1 heterocycles. The van der Waals surface area contributed by atoms with Crippen molar-refractivity contribution in [2.24, 2.45) is 0 Å². The van der Waals surface area contributed by atoms with Gasteiger partial charge in [-0.05, 0) is 24.3 Å². The Bertz CT molecular complexity index is 748. The lowest BCUT2D eigenvalue weighted by molar-refractivity contribution is -0.120. The standard InChI is InChI=1S/C14H13FN2O4S/c15-11-1-3-12(4-2-11)22(19,20)8-6-13(18)17-14-10(9-16)5-7-21-14/h1-4H,5-8H2,(H,17,18). The second-order valence-electron chi connectivity index (χ2n) is 4.59. The van der Waals surface area contributed by atoms with Gasteiger partial charge in [0.05, 0.1) is 22.8 Å². The van der Waals surface area contributed by atoms with E-state index < -0.39 is 27.3 Å². The lowest BCUT2D eigenvalue weighted by Crippen LogP contribution is -2.26. The first kappa shape index (κ1) is 16.0. The fourth-order valence-corrected chi connectivity index (χ4v) is 3.09. The second-order valence-corrected chi connectivity index (χ2v) is 6.70. The van der Waals surface area contributed by atoms with Gasteiger partial charge in [-0.15, -0.1) is 0 Å². The first-order valence-corrected chi connectivity index (χ1v) is 8.12. The van der Waals surface area contributed by atoms with Gasteiger partial charge in [-0.3, -0.25) is 10.1 Å². The molecule has 0 atom stereocenters. The molecule has 6 nitrogen and oxygen atoms in total. The van der Waals surface area contributed by atoms with Gasteiger partial charge < -0.3 is 4.74 Å². The second kappa shape index (κ2) is 6.58. The Kier molecular flexibility index (Phi) is 4.78. The molecule has 2 rings (SSSR count). The number of nitriles is 1. The number of nitrogens with zero attached hydrogens (tertiary/aromatic N) is 1. The van der Waals surface area contributed by atoms with Crippen molar-refractivity contribution in [1.29, 1.82) is 5.26 Å². The predicted octanol–water partition coefficient (Wildman–Crippen LogP) is 1.26. The number of carbonyl (C=O) groups excluding carboxylic acids is 1. The summed E-state index contributed by atoms with van der Waals surface area (Å²) < 4.78 is 41.9. The molecule has 1 aromatic rings. The van der Waals surface area contributed by atoms with Crippen LogP contribution in [0.3, 0.4) is 0 Å². The van der Waals surface area contributed by atoms with E-state index in [1.54, 1.807) is 0 Å². The maximum atomic E-state index is 12.8. The van der Waals surface area contributed by atoms with Crippen molar-refractivity contribution in [2.45, 2.75) is 17.7 Å². The van der Waals surface area contributed by atoms with E-state index in [0.717, 1.165) is 24.3 Å². The molecule has 1 aliphatic heterocycles. The molecule has 1 aliphatic rings. The van der Waals surface area contributed by atoms with Crippen LogP contribution in [-0.4, -0.2) is 26.7 Å². The number of nitrogens with one attached hydrogen (secondary N) is 1. The summed E-state index contributed by atoms with van der Waals surface area (Å²) in [6.45, 7) is 0.312. The molecule has 0 aliphatic carbocycles. The fourth-order valence-electron chi connectivity index (χ4n) is 1.85. The molecular weight excluding hydrogens is 311 g/mol. The zero-order valence-corrected chi connectivity index (χ0v) is 12.3. The fraction of sp³-hybridized carbons (Fsp3) is 0.286. The van der Waals surface area contributed by atoms with Crippen LogP contribution in [0.2, 0.25) is 0 Å². The maximum Gasteiger partial charge on any atom is 0.227 e. The van der Waals surface area contributed by atoms with Crippen molar-refractivity contribution in [3.8, 4) is 6.07 Å². The van der Waals surface area contributed by atoms with Crippen molar-refractivity contribution in [3.05, 3.63) is 41.5 Å². The topological polar surface area (TPSA) is 96.3 Å². The highest BCUT2D eigenvalue weighted by Crippen LogP contribution is 2.16. The average molecular weight is 324 g/mol. The van der Waals surface area contributed by atoms with Gasteiger partial charge in [0.25, 0.3) is 0 Å². The minimum atomic E-state index is -3.67. The van der Waals surface area contributed by atoms with Crippen LogP contribution in [0.25, 0.3) is 0 Å². The highest BCUT2D eigenvalue weighted by molar-refractivity contribution is 7.91. The molecule has 0 fully saturated rings. The van der Waals surface area contributed by atoms with Crippen molar-refractivity contribution in [1.82, 2.24) is 5.32 Å². The summed E-state index contributed by atoms with van der Waals surface area (Å²) in [5.74, 6) is -1.42. The number of hydrogen-bond donors (Lipinski definition) is 1. The molecule has 0 spiro atoms. The number of carbonyl (C=O) groups is 1. The Balaban J connectivity index is 1.96. The monoisotopic (exact) mass is 324 g/mol. The molecular formula is C14H13FN2O4S. The quantitative estimate of drug-likeness (QED) is 0.823. The lowest BCUT2D eigenvalue weighted by Gasteiger charge is -2.07. The first-order chi connectivity index (χ1) is 10.4. The van der Waals surface area contributed by atoms with Crippen LogP contribution in [0, 0.1) is 17.1 Å². The van der Waals surface area contributed by atoms with E-state index in [4.69, 9.17) is 10.00 Å². The van der Waals surface area contributed by atoms with Gasteiger partial charge in [-0.1, -0.05) is 0 Å². The van der Waals surface area contributed by atoms with Gasteiger partial charge >= 0.3 is 0 Å². The van der Waals surface area contributed by atoms with Crippen LogP contribution < -0.4 is 5.32 Å². The van der Waals surface area contributed by atoms with Crippen LogP contribution in [0.4, 0.5) is 4.39 Å². The summed E-state index contributed by atoms with van der Waals surface area (Å²) in [5, 5.41) is 11.2. The van der Waals surface area contributed by atoms with Crippen LogP contribution in [0.1, 0.15) is 12.8 Å². The lowest BCUT2D eigenvalue weighted by atomic mass is 10.2. The Morgan fingerprint density at radius 1 is 1.36 bits per heavy atom. The molecule has 1 amide bonds. The third-order valence-corrected chi connectivity index (χ3v) is 4.76. The van der Waals surface area contributed by atoms with Gasteiger partial charge in [0, 0.05) is 12.8 Å². The third-order valence-electron chi connectivity index (χ3n) is 3.03. The maximum absolute atomic E-state index is 12.8. The number of sulfone groups is 1. The summed E-state index contributed by atoms with van der Waals surface area (Å²) >= 11 is 0. The summed E-state index contributed by atoms with van der Waals surface area (Å²) in [5.41, 5.74) is 0.328. The summed E-state index contributed by atoms with van der Waals surface area (Å²) in [6, 6.07) is 6.30. The van der Waals surface area contributed by atoms with E-state index in [0.29, 0.717) is 18.6 Å². The van der Waals surface area contributed by atoms with Gasteiger partial charge in [0.15, 0.2) is 9.84 Å². The molecule has 8 heteroatoms. The van der Waals surface area contributed by atoms with E-state index in [2.05, 4.69) is 5.32 Å². The molecule has 0 unspecified atom stereocenters. The van der Waals surface area contributed by atoms with Gasteiger partial charge in [0.2, 0.25) is 11.8 Å². The number of benzene rings is 1. The van der Waals surface area contributed by atoms with Crippen LogP contribution in [0.5, 0.6) is 0 Å². The van der Waals surface area contributed by atoms with E-state index in [1.165, 1.54) is 0 Å². The third kappa shape index (κ3) is 3.83. The summed E-state index contributed by atoms with van der Waals surface area (Å²) in [7, 11) is -3.67. The Labute approximate surface area is 127 Å². The Hall–Kier alpha value is -2.40. The largest absolute Gasteiger partial charge is 0.478 e. The Morgan fingerprint density at radius 3 is 2.68 bits per heavy atom. The van der Waals surface area contributed by atoms with Crippen molar-refractivity contribution in [2.75, 3.05) is 12.4 Å². The van der Waals surface area contributed by atoms with Crippen molar-refractivity contribution >= 4 is 15.7 Å². The minimum Gasteiger partial charge on any atom is -0.478 e. The molecule has 22 heavy (non-hydrogen) atoms. The first-order valence-electron chi connectivity index (χ1n) is 6.46. The molecule has 0 bridgehead atoms. The van der Waals surface area contributed by atoms with E-state index in [1.807, 2.05) is 6.07 Å². The van der Waals surface area contributed by atoms with Crippen LogP contribution in [-0.2, 0) is 19.4 Å².